The molecule has 0 fully saturated rings. The van der Waals surface area contributed by atoms with Crippen molar-refractivity contribution in [1.82, 2.24) is 21.0 Å². The number of H-pyrrole nitrogens is 1. The number of hydrogen-bond donors (Lipinski definition) is 3. The van der Waals surface area contributed by atoms with Crippen LogP contribution in [0.1, 0.15) is 16.1 Å². The summed E-state index contributed by atoms with van der Waals surface area (Å²) >= 11 is 0. The summed E-state index contributed by atoms with van der Waals surface area (Å²) in [5, 5.41) is 9.32. The molecule has 1 amide bonds. The van der Waals surface area contributed by atoms with Gasteiger partial charge in [0.25, 0.3) is 5.91 Å². The highest BCUT2D eigenvalue weighted by Crippen LogP contribution is 2.27. The van der Waals surface area contributed by atoms with Crippen LogP contribution >= 0.6 is 0 Å². The van der Waals surface area contributed by atoms with Crippen molar-refractivity contribution in [2.45, 2.75) is 0 Å². The average Bonchev–Trinajstić information content (AvgIpc) is 3.27. The molecule has 0 aliphatic rings. The Labute approximate surface area is 168 Å². The number of nitrogens with one attached hydrogen (secondary N) is 3. The Balaban J connectivity index is 1.46. The van der Waals surface area contributed by atoms with Gasteiger partial charge in [0.2, 0.25) is 0 Å². The van der Waals surface area contributed by atoms with Gasteiger partial charge in [-0.1, -0.05) is 49.0 Å². The fourth-order valence-corrected chi connectivity index (χ4v) is 3.09. The SMILES string of the molecule is C=C(NNC(=O)c1cc(-c2cccc3ccccc23)n[nH]1)c1ccc(OC)cc1. The van der Waals surface area contributed by atoms with Gasteiger partial charge in [0.15, 0.2) is 0 Å². The van der Waals surface area contributed by atoms with Crippen molar-refractivity contribution in [3.05, 3.63) is 90.6 Å². The molecular formula is C23H20N4O2. The van der Waals surface area contributed by atoms with Crippen LogP contribution in [0.25, 0.3) is 27.7 Å². The third kappa shape index (κ3) is 3.82. The number of nitrogens with zero attached hydrogens (tertiary/aromatic N) is 1. The van der Waals surface area contributed by atoms with Crippen molar-refractivity contribution in [3.8, 4) is 17.0 Å². The highest BCUT2D eigenvalue weighted by Gasteiger charge is 2.13. The number of carbonyl (C=O) groups is 1. The molecule has 0 unspecified atom stereocenters. The number of ether oxygens (including phenoxy) is 1. The van der Waals surface area contributed by atoms with Crippen LogP contribution in [0.15, 0.2) is 79.4 Å². The predicted octanol–water partition coefficient (Wildman–Crippen LogP) is 4.14. The minimum absolute atomic E-state index is 0.335. The largest absolute Gasteiger partial charge is 0.497 e. The molecule has 29 heavy (non-hydrogen) atoms. The van der Waals surface area contributed by atoms with E-state index in [1.54, 1.807) is 13.2 Å². The number of aromatic nitrogens is 2. The van der Waals surface area contributed by atoms with E-state index < -0.39 is 0 Å². The number of hydrazine groups is 1. The number of hydrogen-bond acceptors (Lipinski definition) is 4. The van der Waals surface area contributed by atoms with Crippen molar-refractivity contribution in [3.63, 3.8) is 0 Å². The van der Waals surface area contributed by atoms with Gasteiger partial charge >= 0.3 is 0 Å². The second-order valence-corrected chi connectivity index (χ2v) is 6.48. The van der Waals surface area contributed by atoms with Gasteiger partial charge < -0.3 is 4.74 Å². The average molecular weight is 384 g/mol. The fourth-order valence-electron chi connectivity index (χ4n) is 3.09. The van der Waals surface area contributed by atoms with Crippen LogP contribution in [0.2, 0.25) is 0 Å². The molecule has 0 aliphatic carbocycles. The topological polar surface area (TPSA) is 79.0 Å². The minimum atomic E-state index is -0.335. The Kier molecular flexibility index (Phi) is 4.99. The molecule has 4 rings (SSSR count). The maximum atomic E-state index is 12.5. The molecule has 144 valence electrons. The molecule has 0 spiro atoms. The molecule has 3 N–H and O–H groups in total. The molecule has 0 saturated carbocycles. The number of aromatic amines is 1. The first kappa shape index (κ1) is 18.3. The number of benzene rings is 3. The molecule has 6 nitrogen and oxygen atoms in total. The van der Waals surface area contributed by atoms with E-state index in [0.29, 0.717) is 17.1 Å². The molecule has 0 bridgehead atoms. The molecular weight excluding hydrogens is 364 g/mol. The van der Waals surface area contributed by atoms with E-state index in [4.69, 9.17) is 4.74 Å². The number of rotatable bonds is 6. The van der Waals surface area contributed by atoms with E-state index in [9.17, 15) is 4.79 Å². The summed E-state index contributed by atoms with van der Waals surface area (Å²) in [6.07, 6.45) is 0. The van der Waals surface area contributed by atoms with Crippen molar-refractivity contribution in [2.75, 3.05) is 7.11 Å². The highest BCUT2D eigenvalue weighted by atomic mass is 16.5. The maximum absolute atomic E-state index is 12.5. The number of amides is 1. The summed E-state index contributed by atoms with van der Waals surface area (Å²) in [5.41, 5.74) is 8.90. The van der Waals surface area contributed by atoms with E-state index in [1.807, 2.05) is 66.7 Å². The van der Waals surface area contributed by atoms with Crippen molar-refractivity contribution in [2.24, 2.45) is 0 Å². The van der Waals surface area contributed by atoms with Crippen molar-refractivity contribution >= 4 is 22.4 Å². The minimum Gasteiger partial charge on any atom is -0.497 e. The second kappa shape index (κ2) is 7.90. The van der Waals surface area contributed by atoms with Gasteiger partial charge in [-0.25, -0.2) is 0 Å². The number of carbonyl (C=O) groups excluding carboxylic acids is 1. The standard InChI is InChI=1S/C23H20N4O2/c1-15(16-10-12-18(29-2)13-11-16)24-27-23(28)22-14-21(25-26-22)20-9-5-7-17-6-3-4-8-19(17)20/h3-14,24H,1H2,2H3,(H,25,26)(H,27,28). The molecule has 4 aromatic rings. The van der Waals surface area contributed by atoms with Gasteiger partial charge in [0.1, 0.15) is 11.4 Å². The lowest BCUT2D eigenvalue weighted by Gasteiger charge is -2.11. The molecule has 6 heteroatoms. The summed E-state index contributed by atoms with van der Waals surface area (Å²) in [7, 11) is 1.61. The zero-order valence-corrected chi connectivity index (χ0v) is 15.9. The van der Waals surface area contributed by atoms with Crippen LogP contribution in [0.5, 0.6) is 5.75 Å². The molecule has 0 saturated heterocycles. The Hall–Kier alpha value is -4.06. The Bertz CT molecular complexity index is 1170. The summed E-state index contributed by atoms with van der Waals surface area (Å²) in [6, 6.07) is 23.2. The second-order valence-electron chi connectivity index (χ2n) is 6.48. The first-order valence-corrected chi connectivity index (χ1v) is 9.09. The number of methoxy groups -OCH3 is 1. The molecule has 0 atom stereocenters. The van der Waals surface area contributed by atoms with Crippen LogP contribution in [0.3, 0.4) is 0 Å². The molecule has 0 aliphatic heterocycles. The Morgan fingerprint density at radius 3 is 2.55 bits per heavy atom. The molecule has 3 aromatic carbocycles. The molecule has 1 heterocycles. The van der Waals surface area contributed by atoms with Crippen LogP contribution < -0.4 is 15.6 Å². The van der Waals surface area contributed by atoms with Gasteiger partial charge in [0.05, 0.1) is 18.5 Å². The highest BCUT2D eigenvalue weighted by molar-refractivity contribution is 5.98. The summed E-state index contributed by atoms with van der Waals surface area (Å²) in [4.78, 5) is 12.5. The Morgan fingerprint density at radius 2 is 1.76 bits per heavy atom. The smallest absolute Gasteiger partial charge is 0.287 e. The van der Waals surface area contributed by atoms with E-state index in [0.717, 1.165) is 27.6 Å². The van der Waals surface area contributed by atoms with Gasteiger partial charge in [-0.2, -0.15) is 5.10 Å². The van der Waals surface area contributed by atoms with E-state index in [2.05, 4.69) is 27.6 Å². The van der Waals surface area contributed by atoms with E-state index >= 15 is 0 Å². The molecule has 1 aromatic heterocycles. The zero-order chi connectivity index (χ0) is 20.2. The van der Waals surface area contributed by atoms with Gasteiger partial charge in [-0.05, 0) is 46.7 Å². The molecule has 0 radical (unpaired) electrons. The predicted molar refractivity (Wildman–Crippen MR) is 114 cm³/mol. The van der Waals surface area contributed by atoms with Gasteiger partial charge in [0, 0.05) is 5.56 Å². The lowest BCUT2D eigenvalue weighted by molar-refractivity contribution is 0.0937. The van der Waals surface area contributed by atoms with Gasteiger partial charge in [-0.15, -0.1) is 0 Å². The summed E-state index contributed by atoms with van der Waals surface area (Å²) in [5.74, 6) is 0.419. The van der Waals surface area contributed by atoms with E-state index in [-0.39, 0.29) is 5.91 Å². The van der Waals surface area contributed by atoms with Crippen LogP contribution in [0, 0.1) is 0 Å². The first-order chi connectivity index (χ1) is 14.2. The Morgan fingerprint density at radius 1 is 1.00 bits per heavy atom. The van der Waals surface area contributed by atoms with Crippen molar-refractivity contribution in [1.29, 1.82) is 0 Å². The summed E-state index contributed by atoms with van der Waals surface area (Å²) < 4.78 is 5.14. The monoisotopic (exact) mass is 384 g/mol. The number of fused-ring (bicyclic) bond motifs is 1. The normalized spacial score (nSPS) is 10.5. The quantitative estimate of drug-likeness (QED) is 0.437. The third-order valence-electron chi connectivity index (χ3n) is 4.65. The lowest BCUT2D eigenvalue weighted by atomic mass is 10.0. The van der Waals surface area contributed by atoms with Gasteiger partial charge in [-0.3, -0.25) is 20.7 Å². The van der Waals surface area contributed by atoms with Crippen molar-refractivity contribution < 1.29 is 9.53 Å². The maximum Gasteiger partial charge on any atom is 0.287 e. The first-order valence-electron chi connectivity index (χ1n) is 9.09. The van der Waals surface area contributed by atoms with E-state index in [1.165, 1.54) is 0 Å². The summed E-state index contributed by atoms with van der Waals surface area (Å²) in [6.45, 7) is 3.94. The third-order valence-corrected chi connectivity index (χ3v) is 4.65. The van der Waals surface area contributed by atoms with Crippen LogP contribution in [-0.4, -0.2) is 23.2 Å². The zero-order valence-electron chi connectivity index (χ0n) is 15.9. The van der Waals surface area contributed by atoms with Crippen LogP contribution in [-0.2, 0) is 0 Å². The lowest BCUT2D eigenvalue weighted by Crippen LogP contribution is -2.36. The fraction of sp³-hybridized carbons (Fsp3) is 0.0435. The van der Waals surface area contributed by atoms with Crippen LogP contribution in [0.4, 0.5) is 0 Å².